The third-order valence-electron chi connectivity index (χ3n) is 5.51. The number of rotatable bonds is 4. The second-order valence-corrected chi connectivity index (χ2v) is 7.13. The number of hydrogen-bond donors (Lipinski definition) is 0. The Morgan fingerprint density at radius 2 is 1.52 bits per heavy atom. The van der Waals surface area contributed by atoms with E-state index in [0.717, 1.165) is 36.9 Å². The van der Waals surface area contributed by atoms with Crippen LogP contribution in [0.1, 0.15) is 36.4 Å². The minimum absolute atomic E-state index is 0. The van der Waals surface area contributed by atoms with E-state index in [2.05, 4.69) is 4.90 Å². The normalized spacial score (nSPS) is 22.9. The van der Waals surface area contributed by atoms with E-state index in [1.807, 2.05) is 60.7 Å². The predicted molar refractivity (Wildman–Crippen MR) is 108 cm³/mol. The van der Waals surface area contributed by atoms with Gasteiger partial charge in [-0.15, -0.1) is 12.4 Å². The van der Waals surface area contributed by atoms with Crippen molar-refractivity contribution in [3.63, 3.8) is 0 Å². The van der Waals surface area contributed by atoms with Crippen molar-refractivity contribution in [1.82, 2.24) is 9.80 Å². The molecule has 2 amide bonds. The zero-order valence-corrected chi connectivity index (χ0v) is 16.1. The van der Waals surface area contributed by atoms with Gasteiger partial charge in [-0.05, 0) is 30.4 Å². The number of nitrogens with zero attached hydrogens (tertiary/aromatic N) is 2. The van der Waals surface area contributed by atoms with E-state index in [9.17, 15) is 9.59 Å². The first-order valence-electron chi connectivity index (χ1n) is 9.45. The van der Waals surface area contributed by atoms with Gasteiger partial charge < -0.3 is 0 Å². The van der Waals surface area contributed by atoms with Gasteiger partial charge in [-0.25, -0.2) is 0 Å². The zero-order chi connectivity index (χ0) is 17.9. The first-order chi connectivity index (χ1) is 12.8. The van der Waals surface area contributed by atoms with Crippen molar-refractivity contribution < 1.29 is 9.59 Å². The van der Waals surface area contributed by atoms with Crippen LogP contribution < -0.4 is 0 Å². The van der Waals surface area contributed by atoms with Crippen molar-refractivity contribution in [2.75, 3.05) is 13.1 Å². The summed E-state index contributed by atoms with van der Waals surface area (Å²) in [6.45, 7) is 1.27. The minimum atomic E-state index is -0.338. The molecule has 0 spiro atoms. The van der Waals surface area contributed by atoms with Crippen molar-refractivity contribution in [2.24, 2.45) is 0 Å². The van der Waals surface area contributed by atoms with E-state index in [0.29, 0.717) is 13.0 Å². The molecule has 2 atom stereocenters. The Morgan fingerprint density at radius 3 is 2.22 bits per heavy atom. The highest BCUT2D eigenvalue weighted by atomic mass is 35.5. The number of amides is 2. The third-order valence-corrected chi connectivity index (χ3v) is 5.51. The van der Waals surface area contributed by atoms with Gasteiger partial charge in [0.15, 0.2) is 0 Å². The van der Waals surface area contributed by atoms with Gasteiger partial charge in [0.05, 0.1) is 6.04 Å². The SMILES string of the molecule is Cl.O=C1[C@H](c2ccccc2)N2CCCC[C@H]2C(=O)N1CCc1ccccc1. The van der Waals surface area contributed by atoms with Crippen LogP contribution in [0.3, 0.4) is 0 Å². The number of hydrogen-bond acceptors (Lipinski definition) is 3. The van der Waals surface area contributed by atoms with Crippen LogP contribution in [0.4, 0.5) is 0 Å². The number of benzene rings is 2. The van der Waals surface area contributed by atoms with Gasteiger partial charge in [-0.1, -0.05) is 67.1 Å². The van der Waals surface area contributed by atoms with Crippen LogP contribution in [-0.4, -0.2) is 40.7 Å². The molecule has 5 heteroatoms. The van der Waals surface area contributed by atoms with Crippen LogP contribution in [0.2, 0.25) is 0 Å². The standard InChI is InChI=1S/C22H24N2O2.ClH/c25-21-19-13-7-8-15-23(19)20(18-11-5-2-6-12-18)22(26)24(21)16-14-17-9-3-1-4-10-17;/h1-6,9-12,19-20H,7-8,13-16H2;1H/t19-,20-;/m0./s1. The average Bonchev–Trinajstić information content (AvgIpc) is 2.70. The highest BCUT2D eigenvalue weighted by molar-refractivity contribution is 6.03. The molecule has 0 bridgehead atoms. The molecule has 0 N–H and O–H groups in total. The monoisotopic (exact) mass is 384 g/mol. The highest BCUT2D eigenvalue weighted by Gasteiger charge is 2.47. The molecule has 2 heterocycles. The maximum absolute atomic E-state index is 13.3. The van der Waals surface area contributed by atoms with Crippen LogP contribution >= 0.6 is 12.4 Å². The van der Waals surface area contributed by atoms with E-state index in [1.165, 1.54) is 4.90 Å². The van der Waals surface area contributed by atoms with Crippen LogP contribution in [0.25, 0.3) is 0 Å². The maximum Gasteiger partial charge on any atom is 0.251 e. The molecule has 2 saturated heterocycles. The summed E-state index contributed by atoms with van der Waals surface area (Å²) in [6.07, 6.45) is 3.64. The number of piperidine rings is 1. The van der Waals surface area contributed by atoms with Crippen molar-refractivity contribution in [3.05, 3.63) is 71.8 Å². The van der Waals surface area contributed by atoms with Gasteiger partial charge in [0, 0.05) is 13.1 Å². The summed E-state index contributed by atoms with van der Waals surface area (Å²) < 4.78 is 0. The summed E-state index contributed by atoms with van der Waals surface area (Å²) in [5.41, 5.74) is 2.14. The van der Waals surface area contributed by atoms with Crippen molar-refractivity contribution in [1.29, 1.82) is 0 Å². The molecule has 27 heavy (non-hydrogen) atoms. The fourth-order valence-corrected chi connectivity index (χ4v) is 4.18. The molecule has 0 radical (unpaired) electrons. The Labute approximate surface area is 166 Å². The van der Waals surface area contributed by atoms with Crippen molar-refractivity contribution >= 4 is 24.2 Å². The number of carbonyl (C=O) groups is 2. The molecule has 2 aliphatic heterocycles. The number of halogens is 1. The Morgan fingerprint density at radius 1 is 0.852 bits per heavy atom. The molecule has 0 aliphatic carbocycles. The lowest BCUT2D eigenvalue weighted by atomic mass is 9.91. The molecule has 4 nitrogen and oxygen atoms in total. The number of carbonyl (C=O) groups excluding carboxylic acids is 2. The first-order valence-corrected chi connectivity index (χ1v) is 9.45. The molecule has 0 unspecified atom stereocenters. The lowest BCUT2D eigenvalue weighted by Gasteiger charge is -2.47. The number of imide groups is 1. The molecule has 2 fully saturated rings. The van der Waals surface area contributed by atoms with Crippen molar-refractivity contribution in [3.8, 4) is 0 Å². The van der Waals surface area contributed by atoms with Gasteiger partial charge >= 0.3 is 0 Å². The van der Waals surface area contributed by atoms with Crippen LogP contribution in [0, 0.1) is 0 Å². The van der Waals surface area contributed by atoms with E-state index in [1.54, 1.807) is 0 Å². The average molecular weight is 385 g/mol. The predicted octanol–water partition coefficient (Wildman–Crippen LogP) is 3.62. The molecule has 2 aromatic rings. The molecular formula is C22H25ClN2O2. The van der Waals surface area contributed by atoms with Gasteiger partial charge in [0.1, 0.15) is 6.04 Å². The van der Waals surface area contributed by atoms with Gasteiger partial charge in [0.2, 0.25) is 5.91 Å². The molecule has 142 valence electrons. The Kier molecular flexibility index (Phi) is 6.30. The van der Waals surface area contributed by atoms with E-state index in [-0.39, 0.29) is 36.3 Å². The molecule has 0 saturated carbocycles. The van der Waals surface area contributed by atoms with Gasteiger partial charge in [0.25, 0.3) is 5.91 Å². The third kappa shape index (κ3) is 3.92. The molecule has 2 aliphatic rings. The molecule has 0 aromatic heterocycles. The van der Waals surface area contributed by atoms with Crippen LogP contribution in [0.15, 0.2) is 60.7 Å². The lowest BCUT2D eigenvalue weighted by molar-refractivity contribution is -0.163. The van der Waals surface area contributed by atoms with E-state index < -0.39 is 0 Å². The second-order valence-electron chi connectivity index (χ2n) is 7.13. The lowest BCUT2D eigenvalue weighted by Crippen LogP contribution is -2.62. The van der Waals surface area contributed by atoms with E-state index >= 15 is 0 Å². The summed E-state index contributed by atoms with van der Waals surface area (Å²) in [4.78, 5) is 29.9. The fourth-order valence-electron chi connectivity index (χ4n) is 4.18. The van der Waals surface area contributed by atoms with Crippen molar-refractivity contribution in [2.45, 2.75) is 37.8 Å². The summed E-state index contributed by atoms with van der Waals surface area (Å²) in [6, 6.07) is 19.4. The zero-order valence-electron chi connectivity index (χ0n) is 15.3. The largest absolute Gasteiger partial charge is 0.279 e. The first kappa shape index (κ1) is 19.6. The topological polar surface area (TPSA) is 40.6 Å². The Hall–Kier alpha value is -2.17. The minimum Gasteiger partial charge on any atom is -0.279 e. The fraction of sp³-hybridized carbons (Fsp3) is 0.364. The summed E-state index contributed by atoms with van der Waals surface area (Å²) in [5, 5.41) is 0. The number of piperazine rings is 1. The molecular weight excluding hydrogens is 360 g/mol. The smallest absolute Gasteiger partial charge is 0.251 e. The van der Waals surface area contributed by atoms with Crippen LogP contribution in [-0.2, 0) is 16.0 Å². The Bertz CT molecular complexity index is 781. The van der Waals surface area contributed by atoms with Gasteiger partial charge in [-0.3, -0.25) is 19.4 Å². The van der Waals surface area contributed by atoms with Gasteiger partial charge in [-0.2, -0.15) is 0 Å². The quantitative estimate of drug-likeness (QED) is 0.756. The Balaban J connectivity index is 0.00000210. The van der Waals surface area contributed by atoms with Crippen LogP contribution in [0.5, 0.6) is 0 Å². The number of fused-ring (bicyclic) bond motifs is 1. The summed E-state index contributed by atoms with van der Waals surface area (Å²) in [7, 11) is 0. The maximum atomic E-state index is 13.3. The summed E-state index contributed by atoms with van der Waals surface area (Å²) >= 11 is 0. The summed E-state index contributed by atoms with van der Waals surface area (Å²) in [5.74, 6) is -0.0897. The van der Waals surface area contributed by atoms with E-state index in [4.69, 9.17) is 0 Å². The highest BCUT2D eigenvalue weighted by Crippen LogP contribution is 2.35. The molecule has 4 rings (SSSR count). The molecule has 2 aromatic carbocycles. The second kappa shape index (κ2) is 8.68.